The molecule has 0 radical (unpaired) electrons. The van der Waals surface area contributed by atoms with Gasteiger partial charge in [0.25, 0.3) is 0 Å². The minimum Gasteiger partial charge on any atom is -0.490 e. The van der Waals surface area contributed by atoms with Crippen LogP contribution in [0, 0.1) is 11.3 Å². The number of hydrogen-bond acceptors (Lipinski definition) is 5. The molecule has 1 aromatic rings. The standard InChI is InChI=1S/C19H25BN2O5/c1-18(2)19(3,4)27-20(26-18)14-7-8-16(13(10-14)11-21)25-12-15-6-5-9-22(15)17(23)24/h7-8,10,15H,5-6,9,12H2,1-4H3,(H,23,24)/t15-/m0/s1. The summed E-state index contributed by atoms with van der Waals surface area (Å²) in [5.74, 6) is 0.440. The van der Waals surface area contributed by atoms with E-state index in [2.05, 4.69) is 6.07 Å². The number of ether oxygens (including phenoxy) is 1. The van der Waals surface area contributed by atoms with Gasteiger partial charge in [-0.2, -0.15) is 5.26 Å². The summed E-state index contributed by atoms with van der Waals surface area (Å²) in [4.78, 5) is 12.6. The number of benzene rings is 1. The summed E-state index contributed by atoms with van der Waals surface area (Å²) >= 11 is 0. The fraction of sp³-hybridized carbons (Fsp3) is 0.579. The molecular formula is C19H25BN2O5. The molecule has 7 nitrogen and oxygen atoms in total. The first-order chi connectivity index (χ1) is 12.6. The van der Waals surface area contributed by atoms with Gasteiger partial charge in [-0.3, -0.25) is 0 Å². The Hall–Kier alpha value is -2.24. The van der Waals surface area contributed by atoms with Gasteiger partial charge in [0.2, 0.25) is 0 Å². The van der Waals surface area contributed by atoms with Gasteiger partial charge in [-0.25, -0.2) is 4.79 Å². The lowest BCUT2D eigenvalue weighted by atomic mass is 9.78. The van der Waals surface area contributed by atoms with Crippen molar-refractivity contribution >= 4 is 18.7 Å². The van der Waals surface area contributed by atoms with Crippen LogP contribution in [0.1, 0.15) is 46.1 Å². The normalized spacial score (nSPS) is 23.3. The van der Waals surface area contributed by atoms with E-state index in [1.54, 1.807) is 12.1 Å². The number of hydrogen-bond donors (Lipinski definition) is 1. The van der Waals surface area contributed by atoms with E-state index in [9.17, 15) is 15.2 Å². The lowest BCUT2D eigenvalue weighted by Gasteiger charge is -2.32. The van der Waals surface area contributed by atoms with Crippen molar-refractivity contribution < 1.29 is 23.9 Å². The molecule has 2 fully saturated rings. The molecule has 8 heteroatoms. The van der Waals surface area contributed by atoms with Crippen LogP contribution >= 0.6 is 0 Å². The Morgan fingerprint density at radius 2 is 2.04 bits per heavy atom. The van der Waals surface area contributed by atoms with Gasteiger partial charge >= 0.3 is 13.2 Å². The second-order valence-electron chi connectivity index (χ2n) is 8.04. The summed E-state index contributed by atoms with van der Waals surface area (Å²) in [6, 6.07) is 7.21. The first-order valence-corrected chi connectivity index (χ1v) is 9.17. The molecule has 27 heavy (non-hydrogen) atoms. The second-order valence-corrected chi connectivity index (χ2v) is 8.04. The zero-order chi connectivity index (χ0) is 19.8. The van der Waals surface area contributed by atoms with Gasteiger partial charge in [-0.1, -0.05) is 6.07 Å². The highest BCUT2D eigenvalue weighted by Gasteiger charge is 2.51. The monoisotopic (exact) mass is 372 g/mol. The van der Waals surface area contributed by atoms with Crippen LogP contribution in [-0.4, -0.2) is 53.6 Å². The third kappa shape index (κ3) is 3.75. The number of rotatable bonds is 4. The molecule has 2 saturated heterocycles. The highest BCUT2D eigenvalue weighted by atomic mass is 16.7. The topological polar surface area (TPSA) is 92.0 Å². The van der Waals surface area contributed by atoms with Gasteiger partial charge in [-0.15, -0.1) is 0 Å². The van der Waals surface area contributed by atoms with Crippen LogP contribution in [0.2, 0.25) is 0 Å². The first-order valence-electron chi connectivity index (χ1n) is 9.17. The summed E-state index contributed by atoms with van der Waals surface area (Å²) in [6.45, 7) is 8.67. The fourth-order valence-corrected chi connectivity index (χ4v) is 3.33. The molecule has 0 bridgehead atoms. The Balaban J connectivity index is 1.72. The predicted molar refractivity (Wildman–Crippen MR) is 100 cm³/mol. The average Bonchev–Trinajstić information content (AvgIpc) is 3.15. The van der Waals surface area contributed by atoms with Crippen molar-refractivity contribution in [1.82, 2.24) is 4.90 Å². The third-order valence-electron chi connectivity index (χ3n) is 5.70. The zero-order valence-corrected chi connectivity index (χ0v) is 16.2. The number of likely N-dealkylation sites (tertiary alicyclic amines) is 1. The summed E-state index contributed by atoms with van der Waals surface area (Å²) in [5, 5.41) is 18.7. The minimum absolute atomic E-state index is 0.184. The van der Waals surface area contributed by atoms with Crippen molar-refractivity contribution in [2.45, 2.75) is 57.8 Å². The van der Waals surface area contributed by atoms with E-state index in [4.69, 9.17) is 14.0 Å². The Morgan fingerprint density at radius 3 is 2.63 bits per heavy atom. The Morgan fingerprint density at radius 1 is 1.37 bits per heavy atom. The lowest BCUT2D eigenvalue weighted by molar-refractivity contribution is 0.00578. The molecule has 2 aliphatic rings. The van der Waals surface area contributed by atoms with E-state index in [0.717, 1.165) is 18.3 Å². The zero-order valence-electron chi connectivity index (χ0n) is 16.2. The van der Waals surface area contributed by atoms with Gasteiger partial charge in [0, 0.05) is 6.54 Å². The average molecular weight is 372 g/mol. The second kappa shape index (κ2) is 7.06. The molecule has 3 rings (SSSR count). The van der Waals surface area contributed by atoms with Crippen molar-refractivity contribution in [3.05, 3.63) is 23.8 Å². The highest BCUT2D eigenvalue weighted by Crippen LogP contribution is 2.36. The third-order valence-corrected chi connectivity index (χ3v) is 5.70. The summed E-state index contributed by atoms with van der Waals surface area (Å²) in [7, 11) is -0.548. The molecule has 0 unspecified atom stereocenters. The van der Waals surface area contributed by atoms with Crippen LogP contribution in [0.25, 0.3) is 0 Å². The molecule has 1 atom stereocenters. The summed E-state index contributed by atoms with van der Waals surface area (Å²) < 4.78 is 17.8. The molecular weight excluding hydrogens is 347 g/mol. The fourth-order valence-electron chi connectivity index (χ4n) is 3.33. The lowest BCUT2D eigenvalue weighted by Crippen LogP contribution is -2.41. The number of carboxylic acid groups (broad SMARTS) is 1. The molecule has 0 saturated carbocycles. The molecule has 1 amide bonds. The van der Waals surface area contributed by atoms with Crippen molar-refractivity contribution in [2.75, 3.05) is 13.2 Å². The van der Waals surface area contributed by atoms with E-state index < -0.39 is 24.4 Å². The maximum atomic E-state index is 11.2. The van der Waals surface area contributed by atoms with Crippen LogP contribution in [0.3, 0.4) is 0 Å². The largest absolute Gasteiger partial charge is 0.494 e. The Kier molecular flexibility index (Phi) is 5.11. The molecule has 144 valence electrons. The predicted octanol–water partition coefficient (Wildman–Crippen LogP) is 2.38. The summed E-state index contributed by atoms with van der Waals surface area (Å²) in [6.07, 6.45) is 0.657. The van der Waals surface area contributed by atoms with Crippen molar-refractivity contribution in [1.29, 1.82) is 5.26 Å². The van der Waals surface area contributed by atoms with Gasteiger partial charge in [0.1, 0.15) is 18.4 Å². The van der Waals surface area contributed by atoms with Crippen molar-refractivity contribution in [2.24, 2.45) is 0 Å². The van der Waals surface area contributed by atoms with E-state index in [0.29, 0.717) is 17.9 Å². The van der Waals surface area contributed by atoms with Crippen molar-refractivity contribution in [3.8, 4) is 11.8 Å². The number of nitrogens with zero attached hydrogens (tertiary/aromatic N) is 2. The maximum absolute atomic E-state index is 11.2. The molecule has 1 N–H and O–H groups in total. The van der Waals surface area contributed by atoms with Crippen LogP contribution in [0.5, 0.6) is 5.75 Å². The van der Waals surface area contributed by atoms with E-state index in [1.807, 2.05) is 33.8 Å². The molecule has 0 spiro atoms. The Labute approximate surface area is 160 Å². The van der Waals surface area contributed by atoms with Crippen molar-refractivity contribution in [3.63, 3.8) is 0 Å². The quantitative estimate of drug-likeness (QED) is 0.816. The molecule has 2 heterocycles. The SMILES string of the molecule is CC1(C)OB(c2ccc(OC[C@@H]3CCCN3C(=O)O)c(C#N)c2)OC1(C)C. The number of nitriles is 1. The first kappa shape index (κ1) is 19.5. The summed E-state index contributed by atoms with van der Waals surface area (Å²) in [5.41, 5.74) is 0.220. The maximum Gasteiger partial charge on any atom is 0.494 e. The van der Waals surface area contributed by atoms with Crippen LogP contribution in [-0.2, 0) is 9.31 Å². The molecule has 1 aromatic carbocycles. The van der Waals surface area contributed by atoms with Crippen LogP contribution in [0.15, 0.2) is 18.2 Å². The van der Waals surface area contributed by atoms with Gasteiger partial charge in [0.05, 0.1) is 22.8 Å². The van der Waals surface area contributed by atoms with E-state index in [-0.39, 0.29) is 12.6 Å². The Bertz CT molecular complexity index is 758. The number of amides is 1. The molecule has 2 aliphatic heterocycles. The molecule has 0 aromatic heterocycles. The van der Waals surface area contributed by atoms with Crippen LogP contribution < -0.4 is 10.2 Å². The molecule has 0 aliphatic carbocycles. The van der Waals surface area contributed by atoms with Gasteiger partial charge in [0.15, 0.2) is 0 Å². The van der Waals surface area contributed by atoms with E-state index in [1.165, 1.54) is 4.90 Å². The minimum atomic E-state index is -0.933. The van der Waals surface area contributed by atoms with Gasteiger partial charge < -0.3 is 24.1 Å². The smallest absolute Gasteiger partial charge is 0.490 e. The van der Waals surface area contributed by atoms with Gasteiger partial charge in [-0.05, 0) is 58.1 Å². The van der Waals surface area contributed by atoms with E-state index >= 15 is 0 Å². The van der Waals surface area contributed by atoms with Crippen LogP contribution in [0.4, 0.5) is 4.79 Å². The number of carbonyl (C=O) groups is 1. The highest BCUT2D eigenvalue weighted by molar-refractivity contribution is 6.62.